The molecule has 0 saturated heterocycles. The van der Waals surface area contributed by atoms with Crippen LogP contribution in [-0.2, 0) is 11.0 Å². The third-order valence-corrected chi connectivity index (χ3v) is 6.58. The molecule has 1 aliphatic rings. The van der Waals surface area contributed by atoms with Gasteiger partial charge in [-0.1, -0.05) is 6.07 Å². The molecule has 0 radical (unpaired) electrons. The number of hydrazone groups is 1. The van der Waals surface area contributed by atoms with Crippen LogP contribution in [0.2, 0.25) is 0 Å². The number of ether oxygens (including phenoxy) is 2. The van der Waals surface area contributed by atoms with Gasteiger partial charge in [-0.05, 0) is 81.6 Å². The molecule has 1 aliphatic heterocycles. The molecule has 1 heterocycles. The Balaban J connectivity index is 2.03. The standard InChI is InChI=1S/C21H17Br2F3N2O3/c1-4-31-16-9-12(17(22)18(23)19(16)30-3)8-15-11(2)27-28(20(15)29)14-7-5-6-13(10-14)21(24,25)26/h5-10H,4H2,1-3H3/b15-8-. The lowest BCUT2D eigenvalue weighted by Crippen LogP contribution is -2.21. The van der Waals surface area contributed by atoms with Gasteiger partial charge in [0.1, 0.15) is 0 Å². The van der Waals surface area contributed by atoms with Crippen molar-refractivity contribution in [3.63, 3.8) is 0 Å². The van der Waals surface area contributed by atoms with Gasteiger partial charge in [0, 0.05) is 4.47 Å². The van der Waals surface area contributed by atoms with Crippen LogP contribution < -0.4 is 14.5 Å². The number of benzene rings is 2. The van der Waals surface area contributed by atoms with E-state index >= 15 is 0 Å². The molecule has 1 amide bonds. The topological polar surface area (TPSA) is 51.1 Å². The molecule has 0 atom stereocenters. The van der Waals surface area contributed by atoms with Crippen molar-refractivity contribution in [2.24, 2.45) is 5.10 Å². The maximum absolute atomic E-state index is 13.1. The second kappa shape index (κ2) is 9.04. The predicted molar refractivity (Wildman–Crippen MR) is 120 cm³/mol. The maximum Gasteiger partial charge on any atom is 0.416 e. The number of methoxy groups -OCH3 is 1. The molecule has 2 aromatic carbocycles. The predicted octanol–water partition coefficient (Wildman–Crippen LogP) is 6.44. The van der Waals surface area contributed by atoms with Gasteiger partial charge in [-0.3, -0.25) is 4.79 Å². The first-order valence-electron chi connectivity index (χ1n) is 9.06. The van der Waals surface area contributed by atoms with Crippen LogP contribution in [0, 0.1) is 0 Å². The molecule has 0 aliphatic carbocycles. The zero-order valence-electron chi connectivity index (χ0n) is 16.7. The van der Waals surface area contributed by atoms with E-state index < -0.39 is 17.6 Å². The Kier molecular flexibility index (Phi) is 6.80. The Morgan fingerprint density at radius 2 is 1.90 bits per heavy atom. The molecule has 2 aromatic rings. The molecular formula is C21H17Br2F3N2O3. The number of anilines is 1. The number of carbonyl (C=O) groups is 1. The Morgan fingerprint density at radius 3 is 2.52 bits per heavy atom. The average molecular weight is 562 g/mol. The van der Waals surface area contributed by atoms with E-state index in [1.165, 1.54) is 19.2 Å². The van der Waals surface area contributed by atoms with E-state index in [2.05, 4.69) is 37.0 Å². The molecule has 0 fully saturated rings. The van der Waals surface area contributed by atoms with Gasteiger partial charge in [0.2, 0.25) is 0 Å². The fraction of sp³-hybridized carbons (Fsp3) is 0.238. The van der Waals surface area contributed by atoms with E-state index in [0.717, 1.165) is 17.1 Å². The zero-order chi connectivity index (χ0) is 22.9. The summed E-state index contributed by atoms with van der Waals surface area (Å²) in [6.45, 7) is 3.86. The van der Waals surface area contributed by atoms with Crippen LogP contribution in [0.1, 0.15) is 25.0 Å². The van der Waals surface area contributed by atoms with Crippen LogP contribution in [0.3, 0.4) is 0 Å². The van der Waals surface area contributed by atoms with Crippen LogP contribution in [0.4, 0.5) is 18.9 Å². The summed E-state index contributed by atoms with van der Waals surface area (Å²) in [5, 5.41) is 5.13. The summed E-state index contributed by atoms with van der Waals surface area (Å²) in [6, 6.07) is 6.18. The third kappa shape index (κ3) is 4.64. The van der Waals surface area contributed by atoms with Crippen LogP contribution in [0.15, 0.2) is 50.0 Å². The fourth-order valence-corrected chi connectivity index (χ4v) is 3.99. The lowest BCUT2D eigenvalue weighted by Gasteiger charge is -2.15. The van der Waals surface area contributed by atoms with E-state index in [-0.39, 0.29) is 11.3 Å². The van der Waals surface area contributed by atoms with E-state index in [0.29, 0.717) is 38.3 Å². The number of hydrogen-bond donors (Lipinski definition) is 0. The molecule has 31 heavy (non-hydrogen) atoms. The molecule has 3 rings (SSSR count). The molecule has 5 nitrogen and oxygen atoms in total. The minimum atomic E-state index is -4.52. The number of nitrogens with zero attached hydrogens (tertiary/aromatic N) is 2. The van der Waals surface area contributed by atoms with Crippen molar-refractivity contribution in [1.82, 2.24) is 0 Å². The first-order chi connectivity index (χ1) is 14.6. The Labute approximate surface area is 193 Å². The van der Waals surface area contributed by atoms with Crippen molar-refractivity contribution < 1.29 is 27.4 Å². The van der Waals surface area contributed by atoms with Crippen molar-refractivity contribution in [3.8, 4) is 11.5 Å². The number of halogens is 5. The Morgan fingerprint density at radius 1 is 1.19 bits per heavy atom. The highest BCUT2D eigenvalue weighted by atomic mass is 79.9. The molecule has 0 spiro atoms. The molecule has 164 valence electrons. The number of alkyl halides is 3. The van der Waals surface area contributed by atoms with Crippen LogP contribution in [0.5, 0.6) is 11.5 Å². The summed E-state index contributed by atoms with van der Waals surface area (Å²) in [7, 11) is 1.51. The smallest absolute Gasteiger partial charge is 0.416 e. The summed E-state index contributed by atoms with van der Waals surface area (Å²) in [4.78, 5) is 13.0. The molecule has 10 heteroatoms. The number of carbonyl (C=O) groups excluding carboxylic acids is 1. The molecule has 0 N–H and O–H groups in total. The van der Waals surface area contributed by atoms with E-state index in [1.54, 1.807) is 19.1 Å². The molecule has 0 aromatic heterocycles. The summed E-state index contributed by atoms with van der Waals surface area (Å²) >= 11 is 6.93. The normalized spacial score (nSPS) is 15.5. The second-order valence-corrected chi connectivity index (χ2v) is 8.05. The zero-order valence-corrected chi connectivity index (χ0v) is 19.9. The maximum atomic E-state index is 13.1. The Bertz CT molecular complexity index is 1100. The van der Waals surface area contributed by atoms with E-state index in [1.807, 2.05) is 6.92 Å². The molecule has 0 saturated carbocycles. The van der Waals surface area contributed by atoms with E-state index in [9.17, 15) is 18.0 Å². The van der Waals surface area contributed by atoms with E-state index in [4.69, 9.17) is 9.47 Å². The van der Waals surface area contributed by atoms with Crippen LogP contribution >= 0.6 is 31.9 Å². The SMILES string of the molecule is CCOc1cc(/C=C2\C(=O)N(c3cccc(C(F)(F)F)c3)N=C2C)c(Br)c(Br)c1OC. The number of amides is 1. The van der Waals surface area contributed by atoms with Gasteiger partial charge >= 0.3 is 6.18 Å². The highest BCUT2D eigenvalue weighted by Gasteiger charge is 2.33. The van der Waals surface area contributed by atoms with Crippen LogP contribution in [0.25, 0.3) is 6.08 Å². The first kappa shape index (κ1) is 23.3. The van der Waals surface area contributed by atoms with Gasteiger partial charge in [0.25, 0.3) is 5.91 Å². The quantitative estimate of drug-likeness (QED) is 0.394. The van der Waals surface area contributed by atoms with Crippen molar-refractivity contribution in [2.45, 2.75) is 20.0 Å². The number of rotatable bonds is 5. The van der Waals surface area contributed by atoms with Gasteiger partial charge in [0.05, 0.1) is 40.7 Å². The summed E-state index contributed by atoms with van der Waals surface area (Å²) in [6.07, 6.45) is -2.92. The lowest BCUT2D eigenvalue weighted by atomic mass is 10.1. The van der Waals surface area contributed by atoms with Crippen LogP contribution in [-0.4, -0.2) is 25.3 Å². The van der Waals surface area contributed by atoms with Crippen molar-refractivity contribution in [1.29, 1.82) is 0 Å². The molecular weight excluding hydrogens is 545 g/mol. The largest absolute Gasteiger partial charge is 0.492 e. The van der Waals surface area contributed by atoms with Crippen molar-refractivity contribution in [3.05, 3.63) is 56.0 Å². The lowest BCUT2D eigenvalue weighted by molar-refractivity contribution is -0.137. The minimum Gasteiger partial charge on any atom is -0.492 e. The van der Waals surface area contributed by atoms with Gasteiger partial charge in [-0.2, -0.15) is 23.3 Å². The highest BCUT2D eigenvalue weighted by molar-refractivity contribution is 9.13. The highest BCUT2D eigenvalue weighted by Crippen LogP contribution is 2.43. The Hall–Kier alpha value is -2.33. The first-order valence-corrected chi connectivity index (χ1v) is 10.6. The van der Waals surface area contributed by atoms with Crippen molar-refractivity contribution >= 4 is 55.2 Å². The summed E-state index contributed by atoms with van der Waals surface area (Å²) < 4.78 is 51.4. The number of hydrogen-bond acceptors (Lipinski definition) is 4. The third-order valence-electron chi connectivity index (χ3n) is 4.44. The second-order valence-electron chi connectivity index (χ2n) is 6.47. The van der Waals surface area contributed by atoms with Crippen molar-refractivity contribution in [2.75, 3.05) is 18.7 Å². The van der Waals surface area contributed by atoms with Gasteiger partial charge in [0.15, 0.2) is 11.5 Å². The molecule has 0 bridgehead atoms. The summed E-state index contributed by atoms with van der Waals surface area (Å²) in [5.41, 5.74) is 0.413. The molecule has 0 unspecified atom stereocenters. The monoisotopic (exact) mass is 560 g/mol. The fourth-order valence-electron chi connectivity index (χ4n) is 2.99. The van der Waals surface area contributed by atoms with Gasteiger partial charge < -0.3 is 9.47 Å². The summed E-state index contributed by atoms with van der Waals surface area (Å²) in [5.74, 6) is 0.430. The minimum absolute atomic E-state index is 0.0348. The van der Waals surface area contributed by atoms with Gasteiger partial charge in [-0.25, -0.2) is 0 Å². The average Bonchev–Trinajstić information content (AvgIpc) is 3.00. The van der Waals surface area contributed by atoms with Gasteiger partial charge in [-0.15, -0.1) is 0 Å².